The van der Waals surface area contributed by atoms with Crippen LogP contribution in [-0.4, -0.2) is 19.0 Å². The third-order valence-corrected chi connectivity index (χ3v) is 4.26. The first-order valence-electron chi connectivity index (χ1n) is 8.05. The fourth-order valence-electron chi connectivity index (χ4n) is 2.47. The smallest absolute Gasteiger partial charge is 0.149 e. The predicted octanol–water partition coefficient (Wildman–Crippen LogP) is 4.79. The van der Waals surface area contributed by atoms with E-state index >= 15 is 0 Å². The van der Waals surface area contributed by atoms with E-state index in [1.807, 2.05) is 56.3 Å². The summed E-state index contributed by atoms with van der Waals surface area (Å²) in [5.41, 5.74) is 2.55. The molecule has 0 aromatic heterocycles. The maximum atomic E-state index is 10.8. The van der Waals surface area contributed by atoms with Gasteiger partial charge in [-0.05, 0) is 65.7 Å². The van der Waals surface area contributed by atoms with E-state index in [0.717, 1.165) is 39.1 Å². The number of hydrogen-bond donors (Lipinski definition) is 0. The van der Waals surface area contributed by atoms with Crippen LogP contribution in [0, 0.1) is 0 Å². The van der Waals surface area contributed by atoms with Crippen molar-refractivity contribution in [1.82, 2.24) is 0 Å². The van der Waals surface area contributed by atoms with Gasteiger partial charge in [-0.3, -0.25) is 4.79 Å². The summed E-state index contributed by atoms with van der Waals surface area (Å²) in [5, 5.41) is 0. The number of hydrogen-bond acceptors (Lipinski definition) is 4. The highest BCUT2D eigenvalue weighted by Crippen LogP contribution is 2.31. The van der Waals surface area contributed by atoms with Gasteiger partial charge in [0.1, 0.15) is 36.7 Å². The number of ether oxygens (including phenoxy) is 3. The molecule has 2 aromatic rings. The molecule has 0 aliphatic carbocycles. The van der Waals surface area contributed by atoms with Crippen LogP contribution in [-0.2, 0) is 11.4 Å². The zero-order chi connectivity index (χ0) is 17.8. The minimum atomic E-state index is 0.127. The molecular formula is C20H19BrO4. The molecule has 4 nitrogen and oxygen atoms in total. The van der Waals surface area contributed by atoms with E-state index in [0.29, 0.717) is 18.8 Å². The Kier molecular flexibility index (Phi) is 5.43. The Morgan fingerprint density at radius 2 is 2.08 bits per heavy atom. The number of aldehydes is 1. The first kappa shape index (κ1) is 17.5. The monoisotopic (exact) mass is 402 g/mol. The molecule has 0 N–H and O–H groups in total. The maximum absolute atomic E-state index is 10.8. The SMILES string of the molecule is CC(C)Oc1ccc(COc2ccc3c(c2)OCC(C=O)=C3)cc1Br. The molecular weight excluding hydrogens is 384 g/mol. The number of benzene rings is 2. The predicted molar refractivity (Wildman–Crippen MR) is 100 cm³/mol. The van der Waals surface area contributed by atoms with Crippen molar-refractivity contribution in [2.75, 3.05) is 6.61 Å². The normalized spacial score (nSPS) is 12.9. The highest BCUT2D eigenvalue weighted by atomic mass is 79.9. The summed E-state index contributed by atoms with van der Waals surface area (Å²) in [6.45, 7) is 4.72. The second-order valence-electron chi connectivity index (χ2n) is 6.05. The summed E-state index contributed by atoms with van der Waals surface area (Å²) >= 11 is 3.53. The zero-order valence-corrected chi connectivity index (χ0v) is 15.7. The third-order valence-electron chi connectivity index (χ3n) is 3.64. The Morgan fingerprint density at radius 3 is 2.80 bits per heavy atom. The van der Waals surface area contributed by atoms with Crippen LogP contribution in [0.15, 0.2) is 46.4 Å². The highest BCUT2D eigenvalue weighted by Gasteiger charge is 2.12. The standard InChI is InChI=1S/C20H19BrO4/c1-13(2)25-19-6-3-14(8-18(19)21)11-23-17-5-4-16-7-15(10-22)12-24-20(16)9-17/h3-10,13H,11-12H2,1-2H3. The lowest BCUT2D eigenvalue weighted by molar-refractivity contribution is -0.105. The van der Waals surface area contributed by atoms with Gasteiger partial charge < -0.3 is 14.2 Å². The van der Waals surface area contributed by atoms with E-state index in [-0.39, 0.29) is 6.10 Å². The average molecular weight is 403 g/mol. The molecule has 0 bridgehead atoms. The van der Waals surface area contributed by atoms with E-state index in [9.17, 15) is 4.79 Å². The molecule has 0 saturated carbocycles. The minimum Gasteiger partial charge on any atom is -0.490 e. The fraction of sp³-hybridized carbons (Fsp3) is 0.250. The van der Waals surface area contributed by atoms with Crippen LogP contribution < -0.4 is 14.2 Å². The Labute approximate surface area is 155 Å². The zero-order valence-electron chi connectivity index (χ0n) is 14.1. The average Bonchev–Trinajstić information content (AvgIpc) is 2.61. The van der Waals surface area contributed by atoms with Gasteiger partial charge in [0.05, 0.1) is 10.6 Å². The molecule has 0 unspecified atom stereocenters. The van der Waals surface area contributed by atoms with Gasteiger partial charge in [0.2, 0.25) is 0 Å². The van der Waals surface area contributed by atoms with E-state index in [4.69, 9.17) is 14.2 Å². The summed E-state index contributed by atoms with van der Waals surface area (Å²) in [5.74, 6) is 2.27. The van der Waals surface area contributed by atoms with E-state index in [2.05, 4.69) is 15.9 Å². The Balaban J connectivity index is 1.67. The summed E-state index contributed by atoms with van der Waals surface area (Å²) < 4.78 is 18.1. The van der Waals surface area contributed by atoms with E-state index < -0.39 is 0 Å². The van der Waals surface area contributed by atoms with E-state index in [1.165, 1.54) is 0 Å². The van der Waals surface area contributed by atoms with Gasteiger partial charge in [0.25, 0.3) is 0 Å². The minimum absolute atomic E-state index is 0.127. The molecule has 0 atom stereocenters. The summed E-state index contributed by atoms with van der Waals surface area (Å²) in [4.78, 5) is 10.8. The van der Waals surface area contributed by atoms with Crippen molar-refractivity contribution in [3.63, 3.8) is 0 Å². The van der Waals surface area contributed by atoms with Crippen molar-refractivity contribution in [1.29, 1.82) is 0 Å². The number of carbonyl (C=O) groups is 1. The summed E-state index contributed by atoms with van der Waals surface area (Å²) in [6, 6.07) is 11.5. The summed E-state index contributed by atoms with van der Waals surface area (Å²) in [6.07, 6.45) is 2.78. The second-order valence-corrected chi connectivity index (χ2v) is 6.90. The fourth-order valence-corrected chi connectivity index (χ4v) is 2.99. The highest BCUT2D eigenvalue weighted by molar-refractivity contribution is 9.10. The van der Waals surface area contributed by atoms with Crippen molar-refractivity contribution in [2.24, 2.45) is 0 Å². The van der Waals surface area contributed by atoms with Crippen LogP contribution in [0.4, 0.5) is 0 Å². The lowest BCUT2D eigenvalue weighted by Crippen LogP contribution is -2.08. The van der Waals surface area contributed by atoms with Crippen molar-refractivity contribution < 1.29 is 19.0 Å². The molecule has 130 valence electrons. The Hall–Kier alpha value is -2.27. The molecule has 1 heterocycles. The lowest BCUT2D eigenvalue weighted by Gasteiger charge is -2.16. The molecule has 0 spiro atoms. The van der Waals surface area contributed by atoms with Crippen molar-refractivity contribution in [3.05, 3.63) is 57.6 Å². The number of fused-ring (bicyclic) bond motifs is 1. The summed E-state index contributed by atoms with van der Waals surface area (Å²) in [7, 11) is 0. The maximum Gasteiger partial charge on any atom is 0.149 e. The molecule has 0 amide bonds. The van der Waals surface area contributed by atoms with Gasteiger partial charge in [-0.2, -0.15) is 0 Å². The molecule has 3 rings (SSSR count). The van der Waals surface area contributed by atoms with Gasteiger partial charge in [0, 0.05) is 17.2 Å². The topological polar surface area (TPSA) is 44.8 Å². The van der Waals surface area contributed by atoms with Gasteiger partial charge in [-0.25, -0.2) is 0 Å². The van der Waals surface area contributed by atoms with E-state index in [1.54, 1.807) is 0 Å². The van der Waals surface area contributed by atoms with Crippen LogP contribution in [0.5, 0.6) is 17.2 Å². The van der Waals surface area contributed by atoms with Crippen LogP contribution in [0.25, 0.3) is 6.08 Å². The quantitative estimate of drug-likeness (QED) is 0.651. The van der Waals surface area contributed by atoms with Crippen LogP contribution in [0.2, 0.25) is 0 Å². The molecule has 2 aromatic carbocycles. The van der Waals surface area contributed by atoms with Crippen LogP contribution in [0.3, 0.4) is 0 Å². The third kappa shape index (κ3) is 4.42. The van der Waals surface area contributed by atoms with Crippen molar-refractivity contribution >= 4 is 28.3 Å². The molecule has 0 saturated heterocycles. The first-order chi connectivity index (χ1) is 12.0. The van der Waals surface area contributed by atoms with Gasteiger partial charge in [0.15, 0.2) is 0 Å². The van der Waals surface area contributed by atoms with Crippen molar-refractivity contribution in [3.8, 4) is 17.2 Å². The molecule has 1 aliphatic heterocycles. The largest absolute Gasteiger partial charge is 0.490 e. The lowest BCUT2D eigenvalue weighted by atomic mass is 10.1. The number of rotatable bonds is 6. The molecule has 1 aliphatic rings. The number of halogens is 1. The first-order valence-corrected chi connectivity index (χ1v) is 8.85. The van der Waals surface area contributed by atoms with Crippen molar-refractivity contribution in [2.45, 2.75) is 26.6 Å². The van der Waals surface area contributed by atoms with Gasteiger partial charge in [-0.15, -0.1) is 0 Å². The molecule has 25 heavy (non-hydrogen) atoms. The van der Waals surface area contributed by atoms with Gasteiger partial charge in [-0.1, -0.05) is 6.07 Å². The second kappa shape index (κ2) is 7.74. The number of carbonyl (C=O) groups excluding carboxylic acids is 1. The molecule has 5 heteroatoms. The van der Waals surface area contributed by atoms with Crippen LogP contribution >= 0.6 is 15.9 Å². The van der Waals surface area contributed by atoms with Gasteiger partial charge >= 0.3 is 0 Å². The molecule has 0 fully saturated rings. The molecule has 0 radical (unpaired) electrons. The Morgan fingerprint density at radius 1 is 1.24 bits per heavy atom. The Bertz CT molecular complexity index is 811. The van der Waals surface area contributed by atoms with Crippen LogP contribution in [0.1, 0.15) is 25.0 Å².